The largest absolute Gasteiger partial charge is 0.445 e. The van der Waals surface area contributed by atoms with Crippen LogP contribution in [0.5, 0.6) is 0 Å². The maximum absolute atomic E-state index is 12.3. The number of halogens is 1. The molecule has 8 nitrogen and oxygen atoms in total. The van der Waals surface area contributed by atoms with Gasteiger partial charge in [-0.2, -0.15) is 0 Å². The molecule has 0 spiro atoms. The number of hydrogen-bond acceptors (Lipinski definition) is 6. The third-order valence-electron chi connectivity index (χ3n) is 5.52. The summed E-state index contributed by atoms with van der Waals surface area (Å²) in [7, 11) is 0. The molecule has 5 N–H and O–H groups in total. The Kier molecular flexibility index (Phi) is 12.7. The van der Waals surface area contributed by atoms with Crippen LogP contribution in [0.1, 0.15) is 46.1 Å². The maximum atomic E-state index is 12.3. The zero-order chi connectivity index (χ0) is 23.7. The molecule has 9 heteroatoms. The van der Waals surface area contributed by atoms with E-state index in [2.05, 4.69) is 29.4 Å². The molecular formula is C24H41ClN4O4. The number of nitrogens with zero attached hydrogens (tertiary/aromatic N) is 1. The topological polar surface area (TPSA) is 117 Å². The fourth-order valence-corrected chi connectivity index (χ4v) is 4.05. The summed E-state index contributed by atoms with van der Waals surface area (Å²) in [4.78, 5) is 26.8. The fraction of sp³-hybridized carbons (Fsp3) is 0.667. The van der Waals surface area contributed by atoms with E-state index >= 15 is 0 Å². The molecule has 0 bridgehead atoms. The molecule has 2 rings (SSSR count). The van der Waals surface area contributed by atoms with Crippen LogP contribution in [0.3, 0.4) is 0 Å². The van der Waals surface area contributed by atoms with Gasteiger partial charge in [-0.3, -0.25) is 9.69 Å². The zero-order valence-corrected chi connectivity index (χ0v) is 21.0. The third kappa shape index (κ3) is 10.7. The van der Waals surface area contributed by atoms with Crippen molar-refractivity contribution in [3.8, 4) is 0 Å². The summed E-state index contributed by atoms with van der Waals surface area (Å²) < 4.78 is 5.37. The first kappa shape index (κ1) is 29.2. The molecule has 0 saturated carbocycles. The number of nitrogens with two attached hydrogens (primary N) is 1. The highest BCUT2D eigenvalue weighted by Gasteiger charge is 2.34. The van der Waals surface area contributed by atoms with Gasteiger partial charge in [-0.05, 0) is 30.2 Å². The summed E-state index contributed by atoms with van der Waals surface area (Å²) in [6, 6.07) is 8.47. The van der Waals surface area contributed by atoms with E-state index in [0.29, 0.717) is 37.9 Å². The number of likely N-dealkylation sites (tertiary alicyclic amines) is 1. The number of nitrogens with one attached hydrogen (secondary N) is 2. The average molecular weight is 485 g/mol. The first-order valence-corrected chi connectivity index (χ1v) is 11.6. The van der Waals surface area contributed by atoms with Crippen molar-refractivity contribution in [2.75, 3.05) is 19.6 Å². The van der Waals surface area contributed by atoms with Crippen molar-refractivity contribution in [3.63, 3.8) is 0 Å². The van der Waals surface area contributed by atoms with Crippen LogP contribution in [-0.2, 0) is 16.1 Å². The van der Waals surface area contributed by atoms with Gasteiger partial charge in [-0.15, -0.1) is 12.4 Å². The second-order valence-corrected chi connectivity index (χ2v) is 9.67. The van der Waals surface area contributed by atoms with Gasteiger partial charge in [-0.1, -0.05) is 58.0 Å². The van der Waals surface area contributed by atoms with Crippen molar-refractivity contribution in [2.24, 2.45) is 17.6 Å². The molecule has 1 saturated heterocycles. The molecule has 2 unspecified atom stereocenters. The Balaban J connectivity index is 0.00000544. The Morgan fingerprint density at radius 2 is 1.76 bits per heavy atom. The van der Waals surface area contributed by atoms with E-state index in [1.165, 1.54) is 0 Å². The molecule has 1 heterocycles. The van der Waals surface area contributed by atoms with Gasteiger partial charge >= 0.3 is 6.09 Å². The number of carbonyl (C=O) groups is 2. The van der Waals surface area contributed by atoms with E-state index < -0.39 is 18.2 Å². The highest BCUT2D eigenvalue weighted by Crippen LogP contribution is 2.15. The van der Waals surface area contributed by atoms with E-state index in [1.54, 1.807) is 0 Å². The van der Waals surface area contributed by atoms with Gasteiger partial charge in [0.15, 0.2) is 0 Å². The molecule has 4 atom stereocenters. The van der Waals surface area contributed by atoms with Crippen molar-refractivity contribution < 1.29 is 19.4 Å². The average Bonchev–Trinajstić information content (AvgIpc) is 3.04. The lowest BCUT2D eigenvalue weighted by molar-refractivity contribution is -0.123. The Labute approximate surface area is 204 Å². The molecule has 1 aromatic rings. The molecule has 1 aliphatic heterocycles. The molecular weight excluding hydrogens is 444 g/mol. The summed E-state index contributed by atoms with van der Waals surface area (Å²) in [6.07, 6.45) is 0.256. The number of benzene rings is 1. The number of amides is 2. The highest BCUT2D eigenvalue weighted by molar-refractivity contribution is 5.85. The molecule has 33 heavy (non-hydrogen) atoms. The predicted molar refractivity (Wildman–Crippen MR) is 132 cm³/mol. The van der Waals surface area contributed by atoms with Gasteiger partial charge in [0, 0.05) is 25.7 Å². The zero-order valence-electron chi connectivity index (χ0n) is 20.2. The normalized spacial score (nSPS) is 20.2. The standard InChI is InChI=1S/C24H40N4O4.ClH/c1-16(2)10-19(26-24(31)32-15-18-8-6-5-7-9-18)12-28-13-21(22(29)14-28)27-23(30)20(25)11-17(3)4;/h5-9,16-17,19-22,29H,10-15,25H2,1-4H3,(H,26,31)(H,27,30);1H/t19-,20-,21?,22?;/m0./s1. The van der Waals surface area contributed by atoms with Crippen LogP contribution < -0.4 is 16.4 Å². The number of hydrogen-bond donors (Lipinski definition) is 4. The number of β-amino-alcohol motifs (C(OH)–C–C–N with tert-alkyl or cyclic N) is 1. The summed E-state index contributed by atoms with van der Waals surface area (Å²) in [6.45, 7) is 9.96. The van der Waals surface area contributed by atoms with Crippen LogP contribution >= 0.6 is 12.4 Å². The smallest absolute Gasteiger partial charge is 0.407 e. The number of aliphatic hydroxyl groups is 1. The van der Waals surface area contributed by atoms with Gasteiger partial charge in [0.05, 0.1) is 18.2 Å². The third-order valence-corrected chi connectivity index (χ3v) is 5.52. The van der Waals surface area contributed by atoms with E-state index in [-0.39, 0.29) is 37.0 Å². The Morgan fingerprint density at radius 3 is 2.36 bits per heavy atom. The van der Waals surface area contributed by atoms with Crippen molar-refractivity contribution in [3.05, 3.63) is 35.9 Å². The van der Waals surface area contributed by atoms with Crippen LogP contribution in [0.2, 0.25) is 0 Å². The summed E-state index contributed by atoms with van der Waals surface area (Å²) in [5.74, 6) is 0.475. The molecule has 0 aliphatic carbocycles. The molecule has 1 aliphatic rings. The number of rotatable bonds is 11. The lowest BCUT2D eigenvalue weighted by Gasteiger charge is -2.26. The van der Waals surface area contributed by atoms with Crippen LogP contribution in [0.25, 0.3) is 0 Å². The molecule has 2 amide bonds. The van der Waals surface area contributed by atoms with Crippen LogP contribution in [-0.4, -0.2) is 65.9 Å². The quantitative estimate of drug-likeness (QED) is 0.383. The minimum atomic E-state index is -0.671. The SMILES string of the molecule is CC(C)C[C@@H](CN1CC(O)C(NC(=O)[C@@H](N)CC(C)C)C1)NC(=O)OCc1ccccc1.Cl. The molecule has 188 valence electrons. The summed E-state index contributed by atoms with van der Waals surface area (Å²) >= 11 is 0. The second-order valence-electron chi connectivity index (χ2n) is 9.67. The van der Waals surface area contributed by atoms with Crippen LogP contribution in [0, 0.1) is 11.8 Å². The molecule has 0 radical (unpaired) electrons. The molecule has 1 aromatic carbocycles. The van der Waals surface area contributed by atoms with Crippen molar-refractivity contribution in [1.82, 2.24) is 15.5 Å². The minimum Gasteiger partial charge on any atom is -0.445 e. The number of ether oxygens (including phenoxy) is 1. The van der Waals surface area contributed by atoms with Gasteiger partial charge in [-0.25, -0.2) is 4.79 Å². The van der Waals surface area contributed by atoms with Crippen LogP contribution in [0.4, 0.5) is 4.79 Å². The van der Waals surface area contributed by atoms with Gasteiger partial charge < -0.3 is 26.2 Å². The monoisotopic (exact) mass is 484 g/mol. The van der Waals surface area contributed by atoms with E-state index in [9.17, 15) is 14.7 Å². The fourth-order valence-electron chi connectivity index (χ4n) is 4.05. The number of carbonyl (C=O) groups excluding carboxylic acids is 2. The minimum absolute atomic E-state index is 0. The van der Waals surface area contributed by atoms with Crippen molar-refractivity contribution in [2.45, 2.75) is 71.4 Å². The van der Waals surface area contributed by atoms with Crippen LogP contribution in [0.15, 0.2) is 30.3 Å². The lowest BCUT2D eigenvalue weighted by atomic mass is 10.0. The molecule has 0 aromatic heterocycles. The van der Waals surface area contributed by atoms with Gasteiger partial charge in [0.2, 0.25) is 5.91 Å². The predicted octanol–water partition coefficient (Wildman–Crippen LogP) is 2.28. The van der Waals surface area contributed by atoms with E-state index in [4.69, 9.17) is 10.5 Å². The number of aliphatic hydroxyl groups excluding tert-OH is 1. The van der Waals surface area contributed by atoms with Gasteiger partial charge in [0.25, 0.3) is 0 Å². The second kappa shape index (κ2) is 14.4. The summed E-state index contributed by atoms with van der Waals surface area (Å²) in [5.41, 5.74) is 6.90. The Bertz CT molecular complexity index is 720. The highest BCUT2D eigenvalue weighted by atomic mass is 35.5. The van der Waals surface area contributed by atoms with Gasteiger partial charge in [0.1, 0.15) is 6.61 Å². The molecule has 1 fully saturated rings. The Morgan fingerprint density at radius 1 is 1.12 bits per heavy atom. The van der Waals surface area contributed by atoms with Crippen molar-refractivity contribution >= 4 is 24.4 Å². The number of alkyl carbamates (subject to hydrolysis) is 1. The lowest BCUT2D eigenvalue weighted by Crippen LogP contribution is -2.50. The Hall–Kier alpha value is -1.87. The van der Waals surface area contributed by atoms with Crippen molar-refractivity contribution in [1.29, 1.82) is 0 Å². The van der Waals surface area contributed by atoms with E-state index in [1.807, 2.05) is 44.2 Å². The first-order chi connectivity index (χ1) is 15.1. The maximum Gasteiger partial charge on any atom is 0.407 e. The first-order valence-electron chi connectivity index (χ1n) is 11.6. The van der Waals surface area contributed by atoms with E-state index in [0.717, 1.165) is 12.0 Å². The summed E-state index contributed by atoms with van der Waals surface area (Å²) in [5, 5.41) is 16.3.